The normalized spacial score (nSPS) is 11.8. The fourth-order valence-corrected chi connectivity index (χ4v) is 1.94. The fraction of sp³-hybridized carbons (Fsp3) is 0.692. The highest BCUT2D eigenvalue weighted by Crippen LogP contribution is 2.36. The second-order valence-corrected chi connectivity index (χ2v) is 10.0. The third kappa shape index (κ3) is 5.81. The van der Waals surface area contributed by atoms with Gasteiger partial charge in [0.25, 0.3) is 0 Å². The van der Waals surface area contributed by atoms with Gasteiger partial charge in [0.1, 0.15) is 0 Å². The van der Waals surface area contributed by atoms with Gasteiger partial charge in [-0.3, -0.25) is 0 Å². The Hall–Kier alpha value is -0.523. The second-order valence-electron chi connectivity index (χ2n) is 5.24. The maximum absolute atomic E-state index is 6.02. The summed E-state index contributed by atoms with van der Waals surface area (Å²) < 4.78 is 6.02. The minimum absolute atomic E-state index is 0.305. The Balaban J connectivity index is 3.81. The Labute approximate surface area is 96.0 Å². The summed E-state index contributed by atoms with van der Waals surface area (Å²) in [4.78, 5) is 0. The van der Waals surface area contributed by atoms with Gasteiger partial charge in [0, 0.05) is 13.0 Å². The predicted octanol–water partition coefficient (Wildman–Crippen LogP) is 3.98. The van der Waals surface area contributed by atoms with Crippen LogP contribution in [0.2, 0.25) is 18.1 Å². The average Bonchev–Trinajstić information content (AvgIpc) is 2.09. The Morgan fingerprint density at radius 1 is 1.33 bits per heavy atom. The highest BCUT2D eigenvalue weighted by molar-refractivity contribution is 6.74. The van der Waals surface area contributed by atoms with E-state index in [2.05, 4.69) is 52.3 Å². The number of allylic oxidation sites excluding steroid dienone is 1. The van der Waals surface area contributed by atoms with Gasteiger partial charge < -0.3 is 4.43 Å². The summed E-state index contributed by atoms with van der Waals surface area (Å²) in [6.45, 7) is 15.7. The zero-order valence-electron chi connectivity index (χ0n) is 10.8. The van der Waals surface area contributed by atoms with E-state index in [1.165, 1.54) is 0 Å². The minimum atomic E-state index is -1.54. The van der Waals surface area contributed by atoms with Crippen molar-refractivity contribution in [1.82, 2.24) is 0 Å². The largest absolute Gasteiger partial charge is 0.417 e. The predicted molar refractivity (Wildman–Crippen MR) is 70.4 cm³/mol. The van der Waals surface area contributed by atoms with Crippen molar-refractivity contribution in [3.05, 3.63) is 12.7 Å². The van der Waals surface area contributed by atoms with E-state index in [1.54, 1.807) is 6.08 Å². The Morgan fingerprint density at radius 3 is 2.40 bits per heavy atom. The van der Waals surface area contributed by atoms with E-state index in [0.29, 0.717) is 5.04 Å². The van der Waals surface area contributed by atoms with Crippen molar-refractivity contribution in [1.29, 1.82) is 0 Å². The lowest BCUT2D eigenvalue weighted by Crippen LogP contribution is -2.40. The first-order valence-corrected chi connectivity index (χ1v) is 8.45. The summed E-state index contributed by atoms with van der Waals surface area (Å²) in [7, 11) is -1.54. The highest BCUT2D eigenvalue weighted by atomic mass is 28.4. The molecule has 1 nitrogen and oxygen atoms in total. The first-order valence-electron chi connectivity index (χ1n) is 5.54. The van der Waals surface area contributed by atoms with Gasteiger partial charge in [-0.15, -0.1) is 0 Å². The van der Waals surface area contributed by atoms with E-state index < -0.39 is 8.32 Å². The van der Waals surface area contributed by atoms with Crippen molar-refractivity contribution in [2.75, 3.05) is 6.61 Å². The molecule has 0 atom stereocenters. The van der Waals surface area contributed by atoms with Crippen LogP contribution < -0.4 is 0 Å². The van der Waals surface area contributed by atoms with Crippen LogP contribution >= 0.6 is 0 Å². The molecule has 0 fully saturated rings. The Morgan fingerprint density at radius 2 is 1.93 bits per heavy atom. The van der Waals surface area contributed by atoms with Crippen LogP contribution in [0.3, 0.4) is 0 Å². The van der Waals surface area contributed by atoms with Crippen LogP contribution in [0.25, 0.3) is 0 Å². The quantitative estimate of drug-likeness (QED) is 0.399. The molecule has 86 valence electrons. The summed E-state index contributed by atoms with van der Waals surface area (Å²) in [5.74, 6) is 5.87. The van der Waals surface area contributed by atoms with Gasteiger partial charge in [-0.1, -0.05) is 39.2 Å². The Kier molecular flexibility index (Phi) is 5.93. The van der Waals surface area contributed by atoms with Crippen molar-refractivity contribution in [3.8, 4) is 11.8 Å². The molecule has 0 bridgehead atoms. The van der Waals surface area contributed by atoms with Crippen molar-refractivity contribution in [2.45, 2.75) is 51.7 Å². The molecule has 0 aromatic rings. The van der Waals surface area contributed by atoms with Crippen LogP contribution in [-0.2, 0) is 4.43 Å². The highest BCUT2D eigenvalue weighted by Gasteiger charge is 2.36. The molecule has 0 aromatic heterocycles. The molecule has 0 unspecified atom stereocenters. The van der Waals surface area contributed by atoms with E-state index in [0.717, 1.165) is 19.4 Å². The van der Waals surface area contributed by atoms with E-state index in [9.17, 15) is 0 Å². The van der Waals surface area contributed by atoms with E-state index in [4.69, 9.17) is 4.43 Å². The summed E-state index contributed by atoms with van der Waals surface area (Å²) >= 11 is 0. The van der Waals surface area contributed by atoms with Crippen LogP contribution in [0.5, 0.6) is 0 Å². The molecule has 15 heavy (non-hydrogen) atoms. The van der Waals surface area contributed by atoms with Crippen LogP contribution in [0, 0.1) is 11.8 Å². The van der Waals surface area contributed by atoms with Crippen LogP contribution in [0.1, 0.15) is 33.6 Å². The average molecular weight is 224 g/mol. The first-order chi connectivity index (χ1) is 6.81. The summed E-state index contributed by atoms with van der Waals surface area (Å²) in [5, 5.41) is 0.305. The molecule has 0 aliphatic carbocycles. The molecule has 0 N–H and O–H groups in total. The molecule has 0 aromatic carbocycles. The van der Waals surface area contributed by atoms with Crippen molar-refractivity contribution < 1.29 is 4.43 Å². The molecular weight excluding hydrogens is 200 g/mol. The lowest BCUT2D eigenvalue weighted by Gasteiger charge is -2.36. The molecule has 0 spiro atoms. The molecule has 0 saturated heterocycles. The van der Waals surface area contributed by atoms with Crippen LogP contribution in [0.15, 0.2) is 12.7 Å². The minimum Gasteiger partial charge on any atom is -0.417 e. The summed E-state index contributed by atoms with van der Waals surface area (Å²) in [6.07, 6.45) is 3.56. The van der Waals surface area contributed by atoms with Crippen molar-refractivity contribution in [3.63, 3.8) is 0 Å². The lowest BCUT2D eigenvalue weighted by molar-refractivity contribution is 0.284. The van der Waals surface area contributed by atoms with Crippen LogP contribution in [0.4, 0.5) is 0 Å². The molecular formula is C13H24OSi. The zero-order chi connectivity index (χ0) is 11.9. The number of hydrogen-bond donors (Lipinski definition) is 0. The van der Waals surface area contributed by atoms with Gasteiger partial charge >= 0.3 is 0 Å². The molecule has 0 aliphatic heterocycles. The van der Waals surface area contributed by atoms with Gasteiger partial charge in [-0.25, -0.2) is 0 Å². The topological polar surface area (TPSA) is 9.23 Å². The van der Waals surface area contributed by atoms with Crippen molar-refractivity contribution >= 4 is 8.32 Å². The Bertz CT molecular complexity index is 250. The number of hydrogen-bond acceptors (Lipinski definition) is 1. The third-order valence-electron chi connectivity index (χ3n) is 2.92. The number of unbranched alkanes of at least 4 members (excludes halogenated alkanes) is 1. The molecule has 0 saturated carbocycles. The van der Waals surface area contributed by atoms with E-state index in [-0.39, 0.29) is 0 Å². The number of rotatable bonds is 4. The molecule has 0 radical (unpaired) electrons. The SMILES string of the molecule is C=CC#CCCCO[Si](C)(C)C(C)(C)C. The van der Waals surface area contributed by atoms with E-state index >= 15 is 0 Å². The van der Waals surface area contributed by atoms with Gasteiger partial charge in [-0.05, 0) is 30.6 Å². The van der Waals surface area contributed by atoms with E-state index in [1.807, 2.05) is 0 Å². The summed E-state index contributed by atoms with van der Waals surface area (Å²) in [6, 6.07) is 0. The third-order valence-corrected chi connectivity index (χ3v) is 7.46. The van der Waals surface area contributed by atoms with Gasteiger partial charge in [0.2, 0.25) is 0 Å². The molecule has 0 aliphatic rings. The standard InChI is InChI=1S/C13H24OSi/c1-7-8-9-10-11-12-14-15(5,6)13(2,3)4/h7H,1,10-12H2,2-6H3. The zero-order valence-corrected chi connectivity index (χ0v) is 11.8. The monoisotopic (exact) mass is 224 g/mol. The maximum atomic E-state index is 6.02. The molecule has 0 rings (SSSR count). The first kappa shape index (κ1) is 14.5. The second kappa shape index (κ2) is 6.15. The van der Waals surface area contributed by atoms with Crippen LogP contribution in [-0.4, -0.2) is 14.9 Å². The smallest absolute Gasteiger partial charge is 0.191 e. The van der Waals surface area contributed by atoms with Crippen molar-refractivity contribution in [2.24, 2.45) is 0 Å². The fourth-order valence-electron chi connectivity index (χ4n) is 0.849. The summed E-state index contributed by atoms with van der Waals surface area (Å²) in [5.41, 5.74) is 0. The molecule has 2 heteroatoms. The lowest BCUT2D eigenvalue weighted by atomic mass is 10.2. The van der Waals surface area contributed by atoms with Gasteiger partial charge in [0.05, 0.1) is 0 Å². The van der Waals surface area contributed by atoms with Gasteiger partial charge in [0.15, 0.2) is 8.32 Å². The maximum Gasteiger partial charge on any atom is 0.191 e. The van der Waals surface area contributed by atoms with Gasteiger partial charge in [-0.2, -0.15) is 0 Å². The molecule has 0 heterocycles. The molecule has 0 amide bonds.